The Bertz CT molecular complexity index is 402. The van der Waals surface area contributed by atoms with Crippen LogP contribution in [0.3, 0.4) is 0 Å². The van der Waals surface area contributed by atoms with Gasteiger partial charge in [0.2, 0.25) is 0 Å². The molecule has 0 bridgehead atoms. The molecule has 0 amide bonds. The molecule has 0 saturated carbocycles. The molecule has 1 N–H and O–H groups in total. The molecule has 0 aliphatic heterocycles. The number of rotatable bonds is 6. The number of nitrogens with one attached hydrogen (secondary N) is 1. The minimum atomic E-state index is 0.0284. The lowest BCUT2D eigenvalue weighted by atomic mass is 9.99. The molecule has 4 heteroatoms. The fourth-order valence-electron chi connectivity index (χ4n) is 2.00. The largest absolute Gasteiger partial charge is 0.365 e. The number of hydrogen-bond donors (Lipinski definition) is 1. The highest BCUT2D eigenvalue weighted by Gasteiger charge is 2.19. The minimum absolute atomic E-state index is 0.0284. The lowest BCUT2D eigenvalue weighted by Crippen LogP contribution is -2.31. The molecule has 0 unspecified atom stereocenters. The van der Waals surface area contributed by atoms with E-state index in [9.17, 15) is 0 Å². The number of aromatic nitrogens is 2. The molecule has 0 saturated heterocycles. The highest BCUT2D eigenvalue weighted by molar-refractivity contribution is 6.30. The molecule has 0 atom stereocenters. The third kappa shape index (κ3) is 4.13. The first-order valence-corrected chi connectivity index (χ1v) is 7.08. The van der Waals surface area contributed by atoms with Gasteiger partial charge in [0, 0.05) is 17.5 Å². The van der Waals surface area contributed by atoms with Crippen molar-refractivity contribution in [1.82, 2.24) is 9.97 Å². The Balaban J connectivity index is 3.00. The van der Waals surface area contributed by atoms with E-state index in [0.29, 0.717) is 5.15 Å². The van der Waals surface area contributed by atoms with E-state index in [-0.39, 0.29) is 5.54 Å². The molecule has 3 nitrogen and oxygen atoms in total. The van der Waals surface area contributed by atoms with Crippen LogP contribution in [0.5, 0.6) is 0 Å². The van der Waals surface area contributed by atoms with Gasteiger partial charge in [-0.15, -0.1) is 0 Å². The number of hydrogen-bond acceptors (Lipinski definition) is 3. The summed E-state index contributed by atoms with van der Waals surface area (Å²) in [5, 5.41) is 4.05. The lowest BCUT2D eigenvalue weighted by molar-refractivity contribution is 0.508. The number of anilines is 1. The Morgan fingerprint density at radius 3 is 2.39 bits per heavy atom. The van der Waals surface area contributed by atoms with Crippen molar-refractivity contribution >= 4 is 17.4 Å². The van der Waals surface area contributed by atoms with Crippen LogP contribution in [0.1, 0.15) is 58.3 Å². The van der Waals surface area contributed by atoms with E-state index < -0.39 is 0 Å². The quantitative estimate of drug-likeness (QED) is 0.779. The smallest absolute Gasteiger partial charge is 0.137 e. The SMILES string of the molecule is CCCc1nc(Cl)c(C)c(NC(C)(C)CCC)n1. The first-order chi connectivity index (χ1) is 8.39. The van der Waals surface area contributed by atoms with Crippen LogP contribution >= 0.6 is 11.6 Å². The molecule has 0 aliphatic rings. The van der Waals surface area contributed by atoms with Crippen molar-refractivity contribution in [3.05, 3.63) is 16.5 Å². The zero-order valence-electron chi connectivity index (χ0n) is 12.1. The van der Waals surface area contributed by atoms with Gasteiger partial charge in [-0.05, 0) is 33.6 Å². The summed E-state index contributed by atoms with van der Waals surface area (Å²) in [7, 11) is 0. The van der Waals surface area contributed by atoms with Crippen LogP contribution < -0.4 is 5.32 Å². The summed E-state index contributed by atoms with van der Waals surface area (Å²) in [4.78, 5) is 8.90. The zero-order chi connectivity index (χ0) is 13.8. The van der Waals surface area contributed by atoms with Gasteiger partial charge < -0.3 is 5.32 Å². The van der Waals surface area contributed by atoms with Crippen LogP contribution in [0.15, 0.2) is 0 Å². The van der Waals surface area contributed by atoms with Crippen molar-refractivity contribution in [2.75, 3.05) is 5.32 Å². The topological polar surface area (TPSA) is 37.8 Å². The third-order valence-corrected chi connectivity index (χ3v) is 3.31. The molecule has 0 radical (unpaired) electrons. The Morgan fingerprint density at radius 1 is 1.17 bits per heavy atom. The fourth-order valence-corrected chi connectivity index (χ4v) is 2.18. The minimum Gasteiger partial charge on any atom is -0.365 e. The Kier molecular flexibility index (Phi) is 5.39. The van der Waals surface area contributed by atoms with Crippen molar-refractivity contribution in [2.24, 2.45) is 0 Å². The van der Waals surface area contributed by atoms with Gasteiger partial charge in [0.25, 0.3) is 0 Å². The van der Waals surface area contributed by atoms with E-state index in [1.807, 2.05) is 6.92 Å². The highest BCUT2D eigenvalue weighted by Crippen LogP contribution is 2.25. The number of aryl methyl sites for hydroxylation is 1. The third-order valence-electron chi connectivity index (χ3n) is 2.94. The molecule has 0 aliphatic carbocycles. The second-order valence-electron chi connectivity index (χ2n) is 5.41. The average Bonchev–Trinajstić information content (AvgIpc) is 2.25. The van der Waals surface area contributed by atoms with E-state index in [1.54, 1.807) is 0 Å². The highest BCUT2D eigenvalue weighted by atomic mass is 35.5. The standard InChI is InChI=1S/C14H24ClN3/c1-6-8-11-16-12(15)10(3)13(17-11)18-14(4,5)9-7-2/h6-9H2,1-5H3,(H,16,17,18). The molecule has 1 aromatic rings. The molecule has 1 heterocycles. The summed E-state index contributed by atoms with van der Waals surface area (Å²) in [6, 6.07) is 0. The van der Waals surface area contributed by atoms with Gasteiger partial charge in [-0.1, -0.05) is 31.9 Å². The van der Waals surface area contributed by atoms with Gasteiger partial charge in [-0.25, -0.2) is 9.97 Å². The fraction of sp³-hybridized carbons (Fsp3) is 0.714. The number of nitrogens with zero attached hydrogens (tertiary/aromatic N) is 2. The molecule has 102 valence electrons. The monoisotopic (exact) mass is 269 g/mol. The van der Waals surface area contributed by atoms with Crippen molar-refractivity contribution in [1.29, 1.82) is 0 Å². The van der Waals surface area contributed by atoms with Gasteiger partial charge in [0.1, 0.15) is 16.8 Å². The Hall–Kier alpha value is -0.830. The van der Waals surface area contributed by atoms with Crippen molar-refractivity contribution in [3.63, 3.8) is 0 Å². The van der Waals surface area contributed by atoms with Crippen LogP contribution in [0, 0.1) is 6.92 Å². The molecule has 0 spiro atoms. The maximum absolute atomic E-state index is 6.17. The maximum atomic E-state index is 6.17. The van der Waals surface area contributed by atoms with Crippen molar-refractivity contribution in [3.8, 4) is 0 Å². The van der Waals surface area contributed by atoms with E-state index in [4.69, 9.17) is 11.6 Å². The summed E-state index contributed by atoms with van der Waals surface area (Å²) in [5.74, 6) is 1.69. The second-order valence-corrected chi connectivity index (χ2v) is 5.77. The summed E-state index contributed by atoms with van der Waals surface area (Å²) in [6.07, 6.45) is 4.12. The van der Waals surface area contributed by atoms with Crippen LogP contribution in [-0.2, 0) is 6.42 Å². The molecule has 0 fully saturated rings. The Labute approximate surface area is 115 Å². The van der Waals surface area contributed by atoms with Gasteiger partial charge >= 0.3 is 0 Å². The zero-order valence-corrected chi connectivity index (χ0v) is 12.9. The molecular weight excluding hydrogens is 246 g/mol. The molecular formula is C14H24ClN3. The van der Waals surface area contributed by atoms with Crippen molar-refractivity contribution in [2.45, 2.75) is 65.8 Å². The summed E-state index contributed by atoms with van der Waals surface area (Å²) in [6.45, 7) is 10.6. The lowest BCUT2D eigenvalue weighted by Gasteiger charge is -2.27. The van der Waals surface area contributed by atoms with Gasteiger partial charge in [0.05, 0.1) is 0 Å². The summed E-state index contributed by atoms with van der Waals surface area (Å²) >= 11 is 6.17. The normalized spacial score (nSPS) is 11.7. The van der Waals surface area contributed by atoms with Crippen LogP contribution in [0.2, 0.25) is 5.15 Å². The molecule has 1 aromatic heterocycles. The predicted molar refractivity (Wildman–Crippen MR) is 78.4 cm³/mol. The van der Waals surface area contributed by atoms with E-state index in [0.717, 1.165) is 42.9 Å². The van der Waals surface area contributed by atoms with Crippen molar-refractivity contribution < 1.29 is 0 Å². The average molecular weight is 270 g/mol. The van der Waals surface area contributed by atoms with E-state index in [1.165, 1.54) is 0 Å². The Morgan fingerprint density at radius 2 is 1.83 bits per heavy atom. The molecule has 0 aromatic carbocycles. The maximum Gasteiger partial charge on any atom is 0.137 e. The summed E-state index contributed by atoms with van der Waals surface area (Å²) in [5.41, 5.74) is 0.960. The van der Waals surface area contributed by atoms with E-state index in [2.05, 4.69) is 43.0 Å². The van der Waals surface area contributed by atoms with Gasteiger partial charge in [0.15, 0.2) is 0 Å². The summed E-state index contributed by atoms with van der Waals surface area (Å²) < 4.78 is 0. The molecule has 1 rings (SSSR count). The molecule has 18 heavy (non-hydrogen) atoms. The van der Waals surface area contributed by atoms with Crippen LogP contribution in [0.25, 0.3) is 0 Å². The van der Waals surface area contributed by atoms with Crippen LogP contribution in [-0.4, -0.2) is 15.5 Å². The first-order valence-electron chi connectivity index (χ1n) is 6.70. The van der Waals surface area contributed by atoms with Crippen LogP contribution in [0.4, 0.5) is 5.82 Å². The second kappa shape index (κ2) is 6.37. The number of halogens is 1. The van der Waals surface area contributed by atoms with E-state index >= 15 is 0 Å². The predicted octanol–water partition coefficient (Wildman–Crippen LogP) is 4.38. The van der Waals surface area contributed by atoms with Gasteiger partial charge in [-0.2, -0.15) is 0 Å². The first kappa shape index (κ1) is 15.2. The van der Waals surface area contributed by atoms with Gasteiger partial charge in [-0.3, -0.25) is 0 Å².